The van der Waals surface area contributed by atoms with E-state index in [1.807, 2.05) is 0 Å². The van der Waals surface area contributed by atoms with Crippen molar-refractivity contribution in [1.29, 1.82) is 0 Å². The SMILES string of the molecule is CCCCCC(CCCCCCCCCCCCCCCC(=O)O[C@@H]1[C@@H](O)[C@@H](O[C@H]2O[C@H](CO)[C@H](O)[C@H](O)[C@H]2O)O[C@H](CO)[C@H]1O)OC(=O)C(=O)[O-].[Na+]. The molecule has 2 fully saturated rings. The first kappa shape index (κ1) is 50.0. The van der Waals surface area contributed by atoms with Gasteiger partial charge >= 0.3 is 41.5 Å². The zero-order valence-corrected chi connectivity index (χ0v) is 33.5. The Bertz CT molecular complexity index is 1000. The van der Waals surface area contributed by atoms with E-state index in [-0.39, 0.29) is 42.1 Å². The number of carbonyl (C=O) groups is 3. The van der Waals surface area contributed by atoms with Crippen LogP contribution in [-0.4, -0.2) is 134 Å². The molecule has 2 rings (SSSR count). The molecule has 7 N–H and O–H groups in total. The van der Waals surface area contributed by atoms with Gasteiger partial charge in [0, 0.05) is 6.42 Å². The Balaban J connectivity index is 0.0000140. The van der Waals surface area contributed by atoms with Gasteiger partial charge in [0.25, 0.3) is 0 Å². The van der Waals surface area contributed by atoms with Gasteiger partial charge in [0.1, 0.15) is 48.8 Å². The first-order valence-corrected chi connectivity index (χ1v) is 19.1. The first-order chi connectivity index (χ1) is 24.9. The van der Waals surface area contributed by atoms with Gasteiger partial charge in [-0.05, 0) is 32.1 Å². The van der Waals surface area contributed by atoms with Crippen molar-refractivity contribution in [2.24, 2.45) is 0 Å². The molecule has 2 aliphatic heterocycles. The van der Waals surface area contributed by atoms with Crippen molar-refractivity contribution in [2.75, 3.05) is 13.2 Å². The summed E-state index contributed by atoms with van der Waals surface area (Å²) in [7, 11) is 0. The summed E-state index contributed by atoms with van der Waals surface area (Å²) < 4.78 is 26.6. The molecule has 16 nitrogen and oxygen atoms in total. The van der Waals surface area contributed by atoms with Gasteiger partial charge in [-0.15, -0.1) is 0 Å². The van der Waals surface area contributed by atoms with Crippen LogP contribution in [-0.2, 0) is 38.1 Å². The Kier molecular flexibility index (Phi) is 26.8. The van der Waals surface area contributed by atoms with Crippen molar-refractivity contribution >= 4 is 17.9 Å². The summed E-state index contributed by atoms with van der Waals surface area (Å²) in [6.07, 6.45) is 1.12. The molecule has 0 aromatic rings. The average molecular weight is 775 g/mol. The van der Waals surface area contributed by atoms with Crippen LogP contribution in [0.4, 0.5) is 0 Å². The Morgan fingerprint density at radius 1 is 0.623 bits per heavy atom. The summed E-state index contributed by atoms with van der Waals surface area (Å²) in [6, 6.07) is 0. The third-order valence-corrected chi connectivity index (χ3v) is 9.68. The molecule has 2 heterocycles. The van der Waals surface area contributed by atoms with Crippen LogP contribution >= 0.6 is 0 Å². The summed E-state index contributed by atoms with van der Waals surface area (Å²) in [5.74, 6) is -3.74. The van der Waals surface area contributed by atoms with Crippen LogP contribution in [0.3, 0.4) is 0 Å². The second-order valence-corrected chi connectivity index (χ2v) is 13.9. The van der Waals surface area contributed by atoms with Gasteiger partial charge in [0.15, 0.2) is 24.7 Å². The first-order valence-electron chi connectivity index (χ1n) is 19.1. The van der Waals surface area contributed by atoms with Gasteiger partial charge in [-0.25, -0.2) is 4.79 Å². The van der Waals surface area contributed by atoms with Crippen molar-refractivity contribution in [3.05, 3.63) is 0 Å². The molecule has 53 heavy (non-hydrogen) atoms. The molecule has 0 aliphatic carbocycles. The quantitative estimate of drug-likeness (QED) is 0.0203. The maximum Gasteiger partial charge on any atom is 1.00 e. The maximum atomic E-state index is 12.6. The van der Waals surface area contributed by atoms with Crippen molar-refractivity contribution < 1.29 is 108 Å². The number of carboxylic acids is 1. The normalized spacial score (nSPS) is 29.2. The summed E-state index contributed by atoms with van der Waals surface area (Å²) in [6.45, 7) is 0.661. The van der Waals surface area contributed by atoms with Crippen LogP contribution in [0.15, 0.2) is 0 Å². The number of rotatable bonds is 26. The number of carbonyl (C=O) groups excluding carboxylic acids is 3. The molecule has 11 atom stereocenters. The Labute approximate surface area is 334 Å². The Morgan fingerprint density at radius 2 is 1.08 bits per heavy atom. The van der Waals surface area contributed by atoms with Gasteiger partial charge in [0.05, 0.1) is 13.2 Å². The largest absolute Gasteiger partial charge is 1.00 e. The van der Waals surface area contributed by atoms with E-state index in [1.165, 1.54) is 0 Å². The van der Waals surface area contributed by atoms with Crippen LogP contribution < -0.4 is 34.7 Å². The fraction of sp³-hybridized carbons (Fsp3) is 0.917. The van der Waals surface area contributed by atoms with E-state index in [1.54, 1.807) is 0 Å². The number of unbranched alkanes of at least 4 members (excludes halogenated alkanes) is 14. The van der Waals surface area contributed by atoms with Gasteiger partial charge in [0.2, 0.25) is 0 Å². The van der Waals surface area contributed by atoms with E-state index in [9.17, 15) is 55.2 Å². The second-order valence-electron chi connectivity index (χ2n) is 13.9. The van der Waals surface area contributed by atoms with Crippen LogP contribution in [0.25, 0.3) is 0 Å². The molecule has 2 aliphatic rings. The molecule has 0 aromatic carbocycles. The predicted octanol–water partition coefficient (Wildman–Crippen LogP) is -2.75. The fourth-order valence-corrected chi connectivity index (χ4v) is 6.50. The summed E-state index contributed by atoms with van der Waals surface area (Å²) >= 11 is 0. The number of ether oxygens (including phenoxy) is 5. The van der Waals surface area contributed by atoms with Crippen LogP contribution in [0, 0.1) is 0 Å². The van der Waals surface area contributed by atoms with Crippen molar-refractivity contribution in [1.82, 2.24) is 0 Å². The van der Waals surface area contributed by atoms with Crippen molar-refractivity contribution in [2.45, 2.75) is 196 Å². The molecule has 0 spiro atoms. The number of hydrogen-bond donors (Lipinski definition) is 7. The molecule has 2 saturated heterocycles. The summed E-state index contributed by atoms with van der Waals surface area (Å²) in [5, 5.41) is 81.4. The van der Waals surface area contributed by atoms with Gasteiger partial charge in [-0.1, -0.05) is 90.4 Å². The van der Waals surface area contributed by atoms with E-state index < -0.39 is 92.5 Å². The van der Waals surface area contributed by atoms with E-state index in [0.717, 1.165) is 96.3 Å². The van der Waals surface area contributed by atoms with Crippen LogP contribution in [0.5, 0.6) is 0 Å². The number of hydrogen-bond acceptors (Lipinski definition) is 16. The Morgan fingerprint density at radius 3 is 1.57 bits per heavy atom. The van der Waals surface area contributed by atoms with Crippen molar-refractivity contribution in [3.63, 3.8) is 0 Å². The summed E-state index contributed by atoms with van der Waals surface area (Å²) in [4.78, 5) is 34.7. The molecular weight excluding hydrogens is 711 g/mol. The van der Waals surface area contributed by atoms with E-state index in [0.29, 0.717) is 19.3 Å². The van der Waals surface area contributed by atoms with Crippen molar-refractivity contribution in [3.8, 4) is 0 Å². The third kappa shape index (κ3) is 18.2. The average Bonchev–Trinajstić information content (AvgIpc) is 3.12. The standard InChI is InChI=1S/C36H64O16.Na/c1-2-3-15-18-23(48-34(47)33(45)46)19-16-13-11-9-7-5-4-6-8-10-12-14-17-20-26(39)51-32-28(41)25(22-38)50-36(31(32)44)52-35-30(43)29(42)27(40)24(21-37)49-35;/h23-25,27-32,35-38,40-44H,2-22H2,1H3,(H,45,46);/q;+1/p-1/t23?,24-,25-,27+,28-,29+,30-,31-,32+,35-,36-;/m1./s1. The number of carboxylic acid groups (broad SMARTS) is 1. The van der Waals surface area contributed by atoms with Gasteiger partial charge < -0.3 is 69.3 Å². The zero-order valence-electron chi connectivity index (χ0n) is 31.5. The monoisotopic (exact) mass is 774 g/mol. The van der Waals surface area contributed by atoms with Gasteiger partial charge in [-0.3, -0.25) is 4.79 Å². The minimum absolute atomic E-state index is 0. The number of aliphatic carboxylic acids is 1. The molecule has 0 aromatic heterocycles. The topological polar surface area (TPSA) is 262 Å². The zero-order chi connectivity index (χ0) is 38.5. The predicted molar refractivity (Wildman–Crippen MR) is 181 cm³/mol. The molecule has 0 bridgehead atoms. The molecule has 17 heteroatoms. The molecular formula is C36H63NaO16. The van der Waals surface area contributed by atoms with Crippen LogP contribution in [0.1, 0.15) is 129 Å². The molecule has 0 saturated carbocycles. The smallest absolute Gasteiger partial charge is 0.539 e. The second kappa shape index (κ2) is 28.4. The van der Waals surface area contributed by atoms with E-state index in [4.69, 9.17) is 23.7 Å². The minimum Gasteiger partial charge on any atom is -0.539 e. The van der Waals surface area contributed by atoms with E-state index in [2.05, 4.69) is 6.92 Å². The number of aliphatic hydroxyl groups is 7. The Hall–Kier alpha value is -0.990. The molecule has 0 radical (unpaired) electrons. The molecule has 304 valence electrons. The minimum atomic E-state index is -1.79. The third-order valence-electron chi connectivity index (χ3n) is 9.68. The number of aliphatic hydroxyl groups excluding tert-OH is 7. The van der Waals surface area contributed by atoms with E-state index >= 15 is 0 Å². The molecule has 0 amide bonds. The van der Waals surface area contributed by atoms with Gasteiger partial charge in [-0.2, -0.15) is 0 Å². The number of esters is 2. The van der Waals surface area contributed by atoms with Crippen LogP contribution in [0.2, 0.25) is 0 Å². The maximum absolute atomic E-state index is 12.6. The fourth-order valence-electron chi connectivity index (χ4n) is 6.50. The molecule has 1 unspecified atom stereocenters. The summed E-state index contributed by atoms with van der Waals surface area (Å²) in [5.41, 5.74) is 0.